The number of carboxylic acids is 1. The smallest absolute Gasteiger partial charge is 0.307 e. The first-order chi connectivity index (χ1) is 13.4. The fourth-order valence-electron chi connectivity index (χ4n) is 3.49. The molecule has 1 saturated heterocycles. The lowest BCUT2D eigenvalue weighted by Gasteiger charge is -2.27. The molecular formula is C20H21N3O5. The number of likely N-dealkylation sites (tertiary alicyclic amines) is 1. The topological polar surface area (TPSA) is 113 Å². The summed E-state index contributed by atoms with van der Waals surface area (Å²) >= 11 is 0. The first-order valence-electron chi connectivity index (χ1n) is 8.94. The van der Waals surface area contributed by atoms with E-state index in [1.807, 2.05) is 11.0 Å². The van der Waals surface area contributed by atoms with Gasteiger partial charge in [0.25, 0.3) is 5.69 Å². The molecule has 1 fully saturated rings. The minimum Gasteiger partial charge on any atom is -0.481 e. The number of nitro groups is 1. The van der Waals surface area contributed by atoms with Gasteiger partial charge in [0.15, 0.2) is 0 Å². The predicted octanol–water partition coefficient (Wildman–Crippen LogP) is 2.99. The second-order valence-electron chi connectivity index (χ2n) is 6.90. The fraction of sp³-hybridized carbons (Fsp3) is 0.300. The maximum atomic E-state index is 13.1. The van der Waals surface area contributed by atoms with Crippen LogP contribution in [0.3, 0.4) is 0 Å². The van der Waals surface area contributed by atoms with Crippen molar-refractivity contribution in [2.75, 3.05) is 18.4 Å². The molecule has 2 atom stereocenters. The van der Waals surface area contributed by atoms with Gasteiger partial charge in [-0.05, 0) is 30.5 Å². The molecule has 8 heteroatoms. The van der Waals surface area contributed by atoms with Crippen LogP contribution in [-0.2, 0) is 9.59 Å². The molecule has 1 amide bonds. The number of benzene rings is 2. The van der Waals surface area contributed by atoms with Crippen LogP contribution in [0.2, 0.25) is 0 Å². The molecule has 8 nitrogen and oxygen atoms in total. The third-order valence-corrected chi connectivity index (χ3v) is 4.91. The number of carboxylic acid groups (broad SMARTS) is 1. The first kappa shape index (κ1) is 19.5. The molecule has 1 aliphatic rings. The zero-order valence-electron chi connectivity index (χ0n) is 15.4. The highest BCUT2D eigenvalue weighted by atomic mass is 16.6. The molecule has 0 saturated carbocycles. The van der Waals surface area contributed by atoms with Gasteiger partial charge in [-0.25, -0.2) is 0 Å². The maximum Gasteiger partial charge on any atom is 0.307 e. The third kappa shape index (κ3) is 4.17. The Bertz CT molecular complexity index is 900. The predicted molar refractivity (Wildman–Crippen MR) is 103 cm³/mol. The summed E-state index contributed by atoms with van der Waals surface area (Å²) in [6.45, 7) is 2.44. The SMILES string of the molecule is Cc1ccc(NC(=O)C(c2ccccc2)N2CCC(C(=O)O)C2)c([N+](=O)[O-])c1. The molecule has 3 rings (SSSR count). The van der Waals surface area contributed by atoms with Gasteiger partial charge in [-0.1, -0.05) is 36.4 Å². The minimum absolute atomic E-state index is 0.121. The molecule has 2 N–H and O–H groups in total. The number of carbonyl (C=O) groups excluding carboxylic acids is 1. The standard InChI is InChI=1S/C20H21N3O5/c1-13-7-8-16(17(11-13)23(27)28)21-19(24)18(14-5-3-2-4-6-14)22-10-9-15(12-22)20(25)26/h2-8,11,15,18H,9-10,12H2,1H3,(H,21,24)(H,25,26). The van der Waals surface area contributed by atoms with Crippen LogP contribution in [0.4, 0.5) is 11.4 Å². The lowest BCUT2D eigenvalue weighted by molar-refractivity contribution is -0.384. The van der Waals surface area contributed by atoms with Crippen molar-refractivity contribution in [3.63, 3.8) is 0 Å². The number of anilines is 1. The van der Waals surface area contributed by atoms with Crippen LogP contribution in [0, 0.1) is 23.0 Å². The van der Waals surface area contributed by atoms with Crippen molar-refractivity contribution in [2.24, 2.45) is 5.92 Å². The van der Waals surface area contributed by atoms with Crippen LogP contribution in [0.25, 0.3) is 0 Å². The van der Waals surface area contributed by atoms with Crippen LogP contribution in [0.15, 0.2) is 48.5 Å². The van der Waals surface area contributed by atoms with Crippen molar-refractivity contribution >= 4 is 23.3 Å². The van der Waals surface area contributed by atoms with E-state index >= 15 is 0 Å². The Morgan fingerprint density at radius 3 is 2.57 bits per heavy atom. The van der Waals surface area contributed by atoms with Crippen molar-refractivity contribution < 1.29 is 19.6 Å². The summed E-state index contributed by atoms with van der Waals surface area (Å²) in [5, 5.41) is 23.3. The van der Waals surface area contributed by atoms with Crippen LogP contribution < -0.4 is 5.32 Å². The maximum absolute atomic E-state index is 13.1. The first-order valence-corrected chi connectivity index (χ1v) is 8.94. The zero-order valence-corrected chi connectivity index (χ0v) is 15.4. The second kappa shape index (κ2) is 8.18. The average molecular weight is 383 g/mol. The van der Waals surface area contributed by atoms with Crippen molar-refractivity contribution in [3.05, 3.63) is 69.8 Å². The molecule has 2 aromatic carbocycles. The van der Waals surface area contributed by atoms with E-state index in [-0.39, 0.29) is 17.9 Å². The van der Waals surface area contributed by atoms with Crippen LogP contribution in [0.1, 0.15) is 23.6 Å². The molecule has 2 aromatic rings. The Hall–Kier alpha value is -3.26. The molecule has 0 bridgehead atoms. The van der Waals surface area contributed by atoms with E-state index < -0.39 is 28.8 Å². The monoisotopic (exact) mass is 383 g/mol. The molecule has 0 spiro atoms. The van der Waals surface area contributed by atoms with E-state index in [0.717, 1.165) is 0 Å². The lowest BCUT2D eigenvalue weighted by Crippen LogP contribution is -2.36. The van der Waals surface area contributed by atoms with E-state index in [1.54, 1.807) is 37.3 Å². The van der Waals surface area contributed by atoms with Gasteiger partial charge in [-0.3, -0.25) is 24.6 Å². The highest BCUT2D eigenvalue weighted by Crippen LogP contribution is 2.31. The number of amides is 1. The molecule has 1 aliphatic heterocycles. The van der Waals surface area contributed by atoms with Gasteiger partial charge < -0.3 is 10.4 Å². The summed E-state index contributed by atoms with van der Waals surface area (Å²) in [5.41, 5.74) is 1.37. The summed E-state index contributed by atoms with van der Waals surface area (Å²) in [6, 6.07) is 12.9. The van der Waals surface area contributed by atoms with E-state index in [1.165, 1.54) is 12.1 Å². The number of hydrogen-bond acceptors (Lipinski definition) is 5. The number of aliphatic carboxylic acids is 1. The summed E-state index contributed by atoms with van der Waals surface area (Å²) in [6.07, 6.45) is 0.455. The van der Waals surface area contributed by atoms with Gasteiger partial charge in [-0.2, -0.15) is 0 Å². The average Bonchev–Trinajstić information content (AvgIpc) is 3.14. The van der Waals surface area contributed by atoms with Crippen LogP contribution in [0.5, 0.6) is 0 Å². The van der Waals surface area contributed by atoms with E-state index in [0.29, 0.717) is 24.1 Å². The summed E-state index contributed by atoms with van der Waals surface area (Å²) in [7, 11) is 0. The molecule has 146 valence electrons. The quantitative estimate of drug-likeness (QED) is 0.586. The van der Waals surface area contributed by atoms with Crippen LogP contribution in [-0.4, -0.2) is 39.9 Å². The number of nitrogens with one attached hydrogen (secondary N) is 1. The highest BCUT2D eigenvalue weighted by Gasteiger charge is 2.36. The third-order valence-electron chi connectivity index (χ3n) is 4.91. The molecule has 0 aromatic heterocycles. The van der Waals surface area contributed by atoms with E-state index in [9.17, 15) is 24.8 Å². The second-order valence-corrected chi connectivity index (χ2v) is 6.90. The van der Waals surface area contributed by atoms with Crippen molar-refractivity contribution in [1.82, 2.24) is 4.90 Å². The Balaban J connectivity index is 1.90. The van der Waals surface area contributed by atoms with Gasteiger partial charge in [0.1, 0.15) is 11.7 Å². The lowest BCUT2D eigenvalue weighted by atomic mass is 10.0. The van der Waals surface area contributed by atoms with E-state index in [4.69, 9.17) is 0 Å². The van der Waals surface area contributed by atoms with Gasteiger partial charge in [0.2, 0.25) is 5.91 Å². The molecule has 28 heavy (non-hydrogen) atoms. The highest BCUT2D eigenvalue weighted by molar-refractivity contribution is 5.97. The Morgan fingerprint density at radius 1 is 1.25 bits per heavy atom. The summed E-state index contributed by atoms with van der Waals surface area (Å²) < 4.78 is 0. The number of carbonyl (C=O) groups is 2. The fourth-order valence-corrected chi connectivity index (χ4v) is 3.49. The van der Waals surface area contributed by atoms with Crippen LogP contribution >= 0.6 is 0 Å². The molecule has 2 unspecified atom stereocenters. The number of rotatable bonds is 6. The Labute approximate surface area is 161 Å². The normalized spacial score (nSPS) is 17.8. The summed E-state index contributed by atoms with van der Waals surface area (Å²) in [4.78, 5) is 37.1. The molecule has 1 heterocycles. The van der Waals surface area contributed by atoms with E-state index in [2.05, 4.69) is 5.32 Å². The summed E-state index contributed by atoms with van der Waals surface area (Å²) in [5.74, 6) is -1.85. The van der Waals surface area contributed by atoms with Gasteiger partial charge in [-0.15, -0.1) is 0 Å². The number of nitrogens with zero attached hydrogens (tertiary/aromatic N) is 2. The molecular weight excluding hydrogens is 362 g/mol. The molecule has 0 aliphatic carbocycles. The van der Waals surface area contributed by atoms with Gasteiger partial charge in [0.05, 0.1) is 10.8 Å². The van der Waals surface area contributed by atoms with Crippen molar-refractivity contribution in [1.29, 1.82) is 0 Å². The Morgan fingerprint density at radius 2 is 1.96 bits per heavy atom. The number of hydrogen-bond donors (Lipinski definition) is 2. The minimum atomic E-state index is -0.885. The Kier molecular flexibility index (Phi) is 5.70. The molecule has 0 radical (unpaired) electrons. The zero-order chi connectivity index (χ0) is 20.3. The van der Waals surface area contributed by atoms with Crippen molar-refractivity contribution in [2.45, 2.75) is 19.4 Å². The largest absolute Gasteiger partial charge is 0.481 e. The number of aryl methyl sites for hydroxylation is 1. The van der Waals surface area contributed by atoms with Crippen molar-refractivity contribution in [3.8, 4) is 0 Å². The van der Waals surface area contributed by atoms with Gasteiger partial charge in [0, 0.05) is 19.2 Å². The van der Waals surface area contributed by atoms with Gasteiger partial charge >= 0.3 is 5.97 Å². The number of nitro benzene ring substituents is 1.